The molecule has 596 valence electrons. The molecule has 0 saturated carbocycles. The maximum absolute atomic E-state index is 13.0. The van der Waals surface area contributed by atoms with Gasteiger partial charge >= 0.3 is 11.9 Å². The van der Waals surface area contributed by atoms with E-state index in [0.717, 1.165) is 135 Å². The largest absolute Gasteiger partial charge is 0.545 e. The predicted octanol–water partition coefficient (Wildman–Crippen LogP) is 26.9. The minimum Gasteiger partial charge on any atom is -0.545 e. The van der Waals surface area contributed by atoms with Gasteiger partial charge in [0.2, 0.25) is 0 Å². The number of unbranched alkanes of at least 4 members (excludes halogenated alkanes) is 33. The Labute approximate surface area is 647 Å². The number of carbonyl (C=O) groups is 3. The van der Waals surface area contributed by atoms with Gasteiger partial charge in [-0.25, -0.2) is 0 Å². The molecule has 0 rings (SSSR count). The fourth-order valence-electron chi connectivity index (χ4n) is 11.6. The first-order valence-electron chi connectivity index (χ1n) is 42.9. The van der Waals surface area contributed by atoms with Crippen LogP contribution in [0.2, 0.25) is 0 Å². The summed E-state index contributed by atoms with van der Waals surface area (Å²) in [4.78, 5) is 37.6. The van der Waals surface area contributed by atoms with Crippen LogP contribution in [0, 0.1) is 0 Å². The lowest BCUT2D eigenvalue weighted by Crippen LogP contribution is -2.44. The van der Waals surface area contributed by atoms with Gasteiger partial charge in [-0.15, -0.1) is 0 Å². The lowest BCUT2D eigenvalue weighted by atomic mass is 10.0. The number of quaternary nitrogens is 1. The second kappa shape index (κ2) is 84.0. The van der Waals surface area contributed by atoms with Crippen LogP contribution in [0.15, 0.2) is 182 Å². The summed E-state index contributed by atoms with van der Waals surface area (Å²) in [6.07, 6.45) is 125. The molecular weight excluding hydrogens is 1300 g/mol. The summed E-state index contributed by atoms with van der Waals surface area (Å²) in [7, 11) is 5.92. The molecule has 9 heteroatoms. The van der Waals surface area contributed by atoms with Crippen molar-refractivity contribution in [1.29, 1.82) is 0 Å². The number of rotatable bonds is 78. The smallest absolute Gasteiger partial charge is 0.306 e. The van der Waals surface area contributed by atoms with Crippen LogP contribution in [0.1, 0.15) is 348 Å². The molecule has 0 aliphatic carbocycles. The Kier molecular flexibility index (Phi) is 79.5. The Bertz CT molecular complexity index is 2400. The van der Waals surface area contributed by atoms with E-state index in [1.165, 1.54) is 180 Å². The van der Waals surface area contributed by atoms with Crippen LogP contribution in [0.3, 0.4) is 0 Å². The second-order valence-electron chi connectivity index (χ2n) is 29.4. The SMILES string of the molecule is CC/C=C\C/C=C\C/C=C\C/C=C\C/C=C\C/C=C\C/C=C\C/C=C\C/C=C\C/C=C\C/C=C\C/C=C\CCCCCCC(=O)OC(COC(=O)CCCCCCCCCCCCCCCCCCCCCCCCCC/C=C\C/C=C\C/C=C\CCCCCCC)COC(OCC[N+](C)(C)C)C(=O)[O-]. The first kappa shape index (κ1) is 99.4. The lowest BCUT2D eigenvalue weighted by Gasteiger charge is -2.26. The van der Waals surface area contributed by atoms with Gasteiger partial charge in [0, 0.05) is 12.8 Å². The van der Waals surface area contributed by atoms with Gasteiger partial charge in [0.1, 0.15) is 13.2 Å². The molecule has 105 heavy (non-hydrogen) atoms. The zero-order chi connectivity index (χ0) is 76.0. The van der Waals surface area contributed by atoms with E-state index in [-0.39, 0.29) is 38.6 Å². The number of nitrogens with zero attached hydrogens (tertiary/aromatic N) is 1. The van der Waals surface area contributed by atoms with Crippen LogP contribution in [0.25, 0.3) is 0 Å². The van der Waals surface area contributed by atoms with Crippen LogP contribution in [-0.2, 0) is 33.3 Å². The van der Waals surface area contributed by atoms with Gasteiger partial charge < -0.3 is 33.3 Å². The Morgan fingerprint density at radius 1 is 0.295 bits per heavy atom. The van der Waals surface area contributed by atoms with Crippen molar-refractivity contribution in [1.82, 2.24) is 0 Å². The molecule has 9 nitrogen and oxygen atoms in total. The molecule has 0 aromatic rings. The number of likely N-dealkylation sites (N-methyl/N-ethyl adjacent to an activating group) is 1. The maximum atomic E-state index is 13.0. The summed E-state index contributed by atoms with van der Waals surface area (Å²) >= 11 is 0. The highest BCUT2D eigenvalue weighted by Gasteiger charge is 2.22. The molecule has 2 unspecified atom stereocenters. The molecule has 0 heterocycles. The van der Waals surface area contributed by atoms with Gasteiger partial charge in [0.05, 0.1) is 40.3 Å². The van der Waals surface area contributed by atoms with Crippen molar-refractivity contribution in [2.45, 2.75) is 360 Å². The third-order valence-corrected chi connectivity index (χ3v) is 18.1. The zero-order valence-electron chi connectivity index (χ0n) is 68.3. The van der Waals surface area contributed by atoms with Crippen LogP contribution >= 0.6 is 0 Å². The Morgan fingerprint density at radius 3 is 0.810 bits per heavy atom. The first-order chi connectivity index (χ1) is 51.6. The second-order valence-corrected chi connectivity index (χ2v) is 29.4. The highest BCUT2D eigenvalue weighted by Crippen LogP contribution is 2.18. The van der Waals surface area contributed by atoms with Gasteiger partial charge in [-0.05, 0) is 141 Å². The van der Waals surface area contributed by atoms with Crippen molar-refractivity contribution >= 4 is 17.9 Å². The number of carboxylic acids is 1. The summed E-state index contributed by atoms with van der Waals surface area (Å²) in [5.41, 5.74) is 0. The number of carbonyl (C=O) groups excluding carboxylic acids is 3. The van der Waals surface area contributed by atoms with E-state index in [9.17, 15) is 19.5 Å². The standard InChI is InChI=1S/C96H159NO8/c1-6-8-10-12-14-16-18-20-22-24-26-28-30-32-34-36-38-40-42-44-46-47-49-51-53-55-57-59-61-63-65-67-69-71-73-75-77-79-81-83-85-87-94(99)105-92(91-104-96(95(100)101)102-89-88-97(3,4)5)90-103-93(98)86-84-82-80-78-76-74-72-70-68-66-64-62-60-58-56-54-52-50-48-45-43-41-39-37-35-33-31-29-27-25-23-21-19-17-15-13-11-9-7-2/h8,10,14,16,19-22,25-28,31-34,38,40,44,46,49,51,55,57,61,63,67,69,73,75,92,96H,6-7,9,11-13,15,17-18,23-24,29-30,35-37,39,41-43,45,47-48,50,52-54,56,58-60,62,64-66,68,70-72,74,76-91H2,1-5H3/b10-8-,16-14-,21-19-,22-20-,27-25-,28-26-,33-31-,34-32-,40-38-,46-44-,51-49-,57-55-,63-61-,69-67-,75-73-. The number of ether oxygens (including phenoxy) is 4. The summed E-state index contributed by atoms with van der Waals surface area (Å²) < 4.78 is 22.8. The highest BCUT2D eigenvalue weighted by atomic mass is 16.7. The van der Waals surface area contributed by atoms with Crippen molar-refractivity contribution in [3.05, 3.63) is 182 Å². The number of aliphatic carboxylic acids is 1. The van der Waals surface area contributed by atoms with Crippen molar-refractivity contribution in [3.63, 3.8) is 0 Å². The minimum atomic E-state index is -1.64. The fraction of sp³-hybridized carbons (Fsp3) is 0.656. The molecule has 0 spiro atoms. The Hall–Kier alpha value is -5.61. The number of hydrogen-bond donors (Lipinski definition) is 0. The quantitative estimate of drug-likeness (QED) is 0.0195. The third kappa shape index (κ3) is 85.5. The minimum absolute atomic E-state index is 0.135. The molecule has 0 bridgehead atoms. The summed E-state index contributed by atoms with van der Waals surface area (Å²) in [5.74, 6) is -2.32. The van der Waals surface area contributed by atoms with E-state index < -0.39 is 24.3 Å². The van der Waals surface area contributed by atoms with E-state index in [1.807, 2.05) is 21.1 Å². The van der Waals surface area contributed by atoms with Crippen LogP contribution < -0.4 is 5.11 Å². The molecular formula is C96H159NO8. The molecule has 0 fully saturated rings. The number of esters is 2. The molecule has 0 amide bonds. The summed E-state index contributed by atoms with van der Waals surface area (Å²) in [6.45, 7) is 4.60. The van der Waals surface area contributed by atoms with Gasteiger partial charge in [0.15, 0.2) is 12.4 Å². The van der Waals surface area contributed by atoms with Gasteiger partial charge in [-0.1, -0.05) is 376 Å². The molecule has 0 N–H and O–H groups in total. The normalized spacial score (nSPS) is 13.6. The van der Waals surface area contributed by atoms with Crippen molar-refractivity contribution < 1.29 is 42.9 Å². The van der Waals surface area contributed by atoms with Crippen LogP contribution in [-0.4, -0.2) is 82.3 Å². The van der Waals surface area contributed by atoms with Gasteiger partial charge in [-0.2, -0.15) is 0 Å². The van der Waals surface area contributed by atoms with E-state index in [2.05, 4.69) is 196 Å². The third-order valence-electron chi connectivity index (χ3n) is 18.1. The van der Waals surface area contributed by atoms with Crippen molar-refractivity contribution in [2.24, 2.45) is 0 Å². The van der Waals surface area contributed by atoms with Crippen LogP contribution in [0.5, 0.6) is 0 Å². The molecule has 0 aliphatic heterocycles. The fourth-order valence-corrected chi connectivity index (χ4v) is 11.6. The topological polar surface area (TPSA) is 111 Å². The Morgan fingerprint density at radius 2 is 0.543 bits per heavy atom. The molecule has 0 aliphatic rings. The first-order valence-corrected chi connectivity index (χ1v) is 42.9. The van der Waals surface area contributed by atoms with Crippen molar-refractivity contribution in [2.75, 3.05) is 47.5 Å². The van der Waals surface area contributed by atoms with E-state index in [1.54, 1.807) is 0 Å². The summed E-state index contributed by atoms with van der Waals surface area (Å²) in [6, 6.07) is 0. The van der Waals surface area contributed by atoms with E-state index in [0.29, 0.717) is 17.4 Å². The Balaban J connectivity index is 4.10. The zero-order valence-corrected chi connectivity index (χ0v) is 68.3. The van der Waals surface area contributed by atoms with Gasteiger partial charge in [0.25, 0.3) is 0 Å². The van der Waals surface area contributed by atoms with Crippen LogP contribution in [0.4, 0.5) is 0 Å². The monoisotopic (exact) mass is 1450 g/mol. The average molecular weight is 1460 g/mol. The van der Waals surface area contributed by atoms with Gasteiger partial charge in [-0.3, -0.25) is 9.59 Å². The predicted molar refractivity (Wildman–Crippen MR) is 453 cm³/mol. The molecule has 0 saturated heterocycles. The number of allylic oxidation sites excluding steroid dienone is 30. The van der Waals surface area contributed by atoms with E-state index >= 15 is 0 Å². The molecule has 0 aromatic heterocycles. The molecule has 2 atom stereocenters. The summed E-state index contributed by atoms with van der Waals surface area (Å²) in [5, 5.41) is 11.9. The molecule has 0 radical (unpaired) electrons. The lowest BCUT2D eigenvalue weighted by molar-refractivity contribution is -0.870. The van der Waals surface area contributed by atoms with Crippen molar-refractivity contribution in [3.8, 4) is 0 Å². The maximum Gasteiger partial charge on any atom is 0.306 e. The number of carboxylic acid groups (broad SMARTS) is 1. The number of hydrogen-bond acceptors (Lipinski definition) is 8. The highest BCUT2D eigenvalue weighted by molar-refractivity contribution is 5.70. The average Bonchev–Trinajstić information content (AvgIpc) is 1.18. The molecule has 0 aromatic carbocycles. The van der Waals surface area contributed by atoms with E-state index in [4.69, 9.17) is 18.9 Å².